The lowest BCUT2D eigenvalue weighted by atomic mass is 10.1. The number of rotatable bonds is 7. The molecule has 0 unspecified atom stereocenters. The zero-order valence-electron chi connectivity index (χ0n) is 18.8. The van der Waals surface area contributed by atoms with E-state index in [9.17, 15) is 4.79 Å². The first-order valence-corrected chi connectivity index (χ1v) is 10.9. The fourth-order valence-corrected chi connectivity index (χ4v) is 4.20. The molecule has 0 aliphatic carbocycles. The van der Waals surface area contributed by atoms with Gasteiger partial charge in [-0.1, -0.05) is 36.8 Å². The van der Waals surface area contributed by atoms with Crippen LogP contribution in [0, 0.1) is 0 Å². The molecule has 2 aromatic carbocycles. The Morgan fingerprint density at radius 2 is 1.69 bits per heavy atom. The Morgan fingerprint density at radius 1 is 0.969 bits per heavy atom. The molecule has 0 saturated carbocycles. The Labute approximate surface area is 188 Å². The van der Waals surface area contributed by atoms with Crippen molar-refractivity contribution in [2.24, 2.45) is 0 Å². The van der Waals surface area contributed by atoms with E-state index in [4.69, 9.17) is 19.2 Å². The molecule has 0 saturated heterocycles. The number of amides is 1. The molecule has 7 heteroatoms. The van der Waals surface area contributed by atoms with Crippen LogP contribution in [0.25, 0.3) is 11.4 Å². The van der Waals surface area contributed by atoms with Crippen molar-refractivity contribution in [1.29, 1.82) is 0 Å². The summed E-state index contributed by atoms with van der Waals surface area (Å²) >= 11 is 0. The van der Waals surface area contributed by atoms with Crippen molar-refractivity contribution in [3.05, 3.63) is 59.4 Å². The van der Waals surface area contributed by atoms with Gasteiger partial charge in [0.1, 0.15) is 17.3 Å². The number of imidazole rings is 1. The molecule has 4 rings (SSSR count). The Kier molecular flexibility index (Phi) is 6.63. The lowest BCUT2D eigenvalue weighted by Crippen LogP contribution is -2.25. The van der Waals surface area contributed by atoms with E-state index >= 15 is 0 Å². The molecule has 0 radical (unpaired) electrons. The summed E-state index contributed by atoms with van der Waals surface area (Å²) in [6.07, 6.45) is 4.15. The first-order valence-electron chi connectivity index (χ1n) is 10.9. The van der Waals surface area contributed by atoms with E-state index in [-0.39, 0.29) is 12.5 Å². The average molecular weight is 436 g/mol. The van der Waals surface area contributed by atoms with E-state index < -0.39 is 0 Å². The molecule has 1 aliphatic heterocycles. The Hall–Kier alpha value is -3.48. The van der Waals surface area contributed by atoms with Gasteiger partial charge in [0.2, 0.25) is 0 Å². The van der Waals surface area contributed by atoms with Gasteiger partial charge in [0.25, 0.3) is 5.91 Å². The van der Waals surface area contributed by atoms with Crippen LogP contribution in [0.3, 0.4) is 0 Å². The largest absolute Gasteiger partial charge is 0.496 e. The number of aromatic nitrogens is 2. The monoisotopic (exact) mass is 435 g/mol. The van der Waals surface area contributed by atoms with Crippen molar-refractivity contribution < 1.29 is 19.0 Å². The van der Waals surface area contributed by atoms with Gasteiger partial charge in [-0.2, -0.15) is 0 Å². The van der Waals surface area contributed by atoms with Crippen LogP contribution in [0.2, 0.25) is 0 Å². The molecule has 2 heterocycles. The number of nitrogens with one attached hydrogen (secondary N) is 1. The second-order valence-electron chi connectivity index (χ2n) is 7.76. The number of hydrogen-bond donors (Lipinski definition) is 1. The quantitative estimate of drug-likeness (QED) is 0.601. The highest BCUT2D eigenvalue weighted by atomic mass is 16.5. The lowest BCUT2D eigenvalue weighted by molar-refractivity contribution is 0.0945. The molecule has 0 spiro atoms. The highest BCUT2D eigenvalue weighted by Crippen LogP contribution is 2.34. The molecule has 7 nitrogen and oxygen atoms in total. The molecule has 0 fully saturated rings. The van der Waals surface area contributed by atoms with Gasteiger partial charge < -0.3 is 24.1 Å². The maximum absolute atomic E-state index is 13.2. The van der Waals surface area contributed by atoms with E-state index in [0.717, 1.165) is 54.9 Å². The van der Waals surface area contributed by atoms with Crippen molar-refractivity contribution in [3.8, 4) is 28.6 Å². The number of nitrogens with zero attached hydrogens (tertiary/aromatic N) is 2. The van der Waals surface area contributed by atoms with E-state index in [1.807, 2.05) is 36.4 Å². The second kappa shape index (κ2) is 9.77. The number of fused-ring (bicyclic) bond motifs is 1. The predicted molar refractivity (Wildman–Crippen MR) is 122 cm³/mol. The molecular weight excluding hydrogens is 406 g/mol. The number of carbonyl (C=O) groups excluding carboxylic acids is 1. The fourth-order valence-electron chi connectivity index (χ4n) is 4.20. The SMILES string of the molecule is COc1cc(OC)c(OC)cc1CNC(=O)c1nc(-c2ccccc2)n2c1CCCCC2. The summed E-state index contributed by atoms with van der Waals surface area (Å²) in [5.41, 5.74) is 3.34. The Balaban J connectivity index is 1.63. The number of carbonyl (C=O) groups is 1. The van der Waals surface area contributed by atoms with Crippen molar-refractivity contribution in [2.75, 3.05) is 21.3 Å². The standard InChI is InChI=1S/C25H29N3O4/c1-30-20-15-22(32-3)21(31-2)14-18(20)16-26-25(29)23-19-12-8-5-9-13-28(19)24(27-23)17-10-6-4-7-11-17/h4,6-7,10-11,14-15H,5,8-9,12-13,16H2,1-3H3,(H,26,29). The lowest BCUT2D eigenvalue weighted by Gasteiger charge is -2.14. The number of methoxy groups -OCH3 is 3. The zero-order chi connectivity index (χ0) is 22.5. The first kappa shape index (κ1) is 21.7. The molecule has 168 valence electrons. The number of hydrogen-bond acceptors (Lipinski definition) is 5. The Morgan fingerprint density at radius 3 is 2.41 bits per heavy atom. The topological polar surface area (TPSA) is 74.6 Å². The van der Waals surface area contributed by atoms with Crippen LogP contribution in [0.5, 0.6) is 17.2 Å². The fraction of sp³-hybridized carbons (Fsp3) is 0.360. The van der Waals surface area contributed by atoms with Crippen molar-refractivity contribution >= 4 is 5.91 Å². The van der Waals surface area contributed by atoms with Gasteiger partial charge in [-0.05, 0) is 25.3 Å². The van der Waals surface area contributed by atoms with Gasteiger partial charge in [-0.3, -0.25) is 4.79 Å². The van der Waals surface area contributed by atoms with Gasteiger partial charge in [0.15, 0.2) is 11.5 Å². The van der Waals surface area contributed by atoms with Crippen molar-refractivity contribution in [3.63, 3.8) is 0 Å². The van der Waals surface area contributed by atoms with Crippen molar-refractivity contribution in [2.45, 2.75) is 38.8 Å². The van der Waals surface area contributed by atoms with Gasteiger partial charge in [-0.15, -0.1) is 0 Å². The van der Waals surface area contributed by atoms with Crippen LogP contribution in [-0.4, -0.2) is 36.8 Å². The average Bonchev–Trinajstić information content (AvgIpc) is 3.03. The number of benzene rings is 2. The minimum absolute atomic E-state index is 0.185. The van der Waals surface area contributed by atoms with Crippen LogP contribution in [0.15, 0.2) is 42.5 Å². The first-order chi connectivity index (χ1) is 15.7. The second-order valence-corrected chi connectivity index (χ2v) is 7.76. The molecule has 32 heavy (non-hydrogen) atoms. The van der Waals surface area contributed by atoms with Gasteiger partial charge in [0, 0.05) is 30.3 Å². The van der Waals surface area contributed by atoms with Crippen LogP contribution < -0.4 is 19.5 Å². The molecule has 1 amide bonds. The maximum Gasteiger partial charge on any atom is 0.272 e. The van der Waals surface area contributed by atoms with E-state index in [2.05, 4.69) is 9.88 Å². The van der Waals surface area contributed by atoms with E-state index in [0.29, 0.717) is 22.9 Å². The molecule has 1 aromatic heterocycles. The zero-order valence-corrected chi connectivity index (χ0v) is 18.8. The van der Waals surface area contributed by atoms with Gasteiger partial charge in [0.05, 0.1) is 27.0 Å². The summed E-state index contributed by atoms with van der Waals surface area (Å²) in [5, 5.41) is 3.02. The minimum Gasteiger partial charge on any atom is -0.496 e. The number of ether oxygens (including phenoxy) is 3. The third-order valence-corrected chi connectivity index (χ3v) is 5.84. The van der Waals surface area contributed by atoms with Crippen molar-refractivity contribution in [1.82, 2.24) is 14.9 Å². The molecule has 3 aromatic rings. The predicted octanol–water partition coefficient (Wildman–Crippen LogP) is 4.23. The third-order valence-electron chi connectivity index (χ3n) is 5.84. The van der Waals surface area contributed by atoms with Gasteiger partial charge in [-0.25, -0.2) is 4.98 Å². The molecule has 1 aliphatic rings. The van der Waals surface area contributed by atoms with Crippen LogP contribution in [0.4, 0.5) is 0 Å². The van der Waals surface area contributed by atoms with Crippen LogP contribution in [0.1, 0.15) is 41.0 Å². The van der Waals surface area contributed by atoms with E-state index in [1.54, 1.807) is 27.4 Å². The summed E-state index contributed by atoms with van der Waals surface area (Å²) in [4.78, 5) is 18.0. The van der Waals surface area contributed by atoms with Crippen LogP contribution >= 0.6 is 0 Å². The third kappa shape index (κ3) is 4.28. The molecule has 0 bridgehead atoms. The minimum atomic E-state index is -0.185. The molecule has 0 atom stereocenters. The summed E-state index contributed by atoms with van der Waals surface area (Å²) < 4.78 is 18.4. The smallest absolute Gasteiger partial charge is 0.272 e. The summed E-state index contributed by atoms with van der Waals surface area (Å²) in [6, 6.07) is 13.6. The normalized spacial score (nSPS) is 13.1. The maximum atomic E-state index is 13.2. The summed E-state index contributed by atoms with van der Waals surface area (Å²) in [6.45, 7) is 1.17. The van der Waals surface area contributed by atoms with Crippen LogP contribution in [-0.2, 0) is 19.5 Å². The molecular formula is C25H29N3O4. The highest BCUT2D eigenvalue weighted by molar-refractivity contribution is 5.94. The molecule has 1 N–H and O–H groups in total. The summed E-state index contributed by atoms with van der Waals surface area (Å²) in [5.74, 6) is 2.45. The highest BCUT2D eigenvalue weighted by Gasteiger charge is 2.24. The summed E-state index contributed by atoms with van der Waals surface area (Å²) in [7, 11) is 4.75. The van der Waals surface area contributed by atoms with E-state index in [1.165, 1.54) is 0 Å². The van der Waals surface area contributed by atoms with Gasteiger partial charge >= 0.3 is 0 Å². The Bertz CT molecular complexity index is 1090.